The van der Waals surface area contributed by atoms with Crippen molar-refractivity contribution < 1.29 is 38.2 Å². The largest absolute Gasteiger partial charge is 0.483 e. The summed E-state index contributed by atoms with van der Waals surface area (Å²) in [5.41, 5.74) is 5.85. The molecule has 0 heterocycles. The monoisotopic (exact) mass is 510 g/mol. The van der Waals surface area contributed by atoms with E-state index in [0.29, 0.717) is 57.7 Å². The molecule has 1 aromatic rings. The van der Waals surface area contributed by atoms with Crippen LogP contribution in [0.2, 0.25) is 0 Å². The molecule has 4 N–H and O–H groups in total. The highest BCUT2D eigenvalue weighted by molar-refractivity contribution is 6.03. The Morgan fingerprint density at radius 1 is 1.08 bits per heavy atom. The Kier molecular flexibility index (Phi) is 19.3. The van der Waals surface area contributed by atoms with Crippen molar-refractivity contribution in [1.29, 1.82) is 0 Å². The van der Waals surface area contributed by atoms with Gasteiger partial charge in [-0.1, -0.05) is 6.07 Å². The maximum Gasteiger partial charge on any atom is 0.261 e. The minimum Gasteiger partial charge on any atom is -0.483 e. The van der Waals surface area contributed by atoms with Gasteiger partial charge in [-0.25, -0.2) is 0 Å². The first-order valence-corrected chi connectivity index (χ1v) is 11.5. The number of amides is 3. The van der Waals surface area contributed by atoms with Gasteiger partial charge >= 0.3 is 0 Å². The maximum atomic E-state index is 12.8. The summed E-state index contributed by atoms with van der Waals surface area (Å²) < 4.78 is 16.0. The van der Waals surface area contributed by atoms with E-state index >= 15 is 0 Å². The van der Waals surface area contributed by atoms with Crippen LogP contribution in [-0.4, -0.2) is 102 Å². The summed E-state index contributed by atoms with van der Waals surface area (Å²) in [6.45, 7) is 3.65. The van der Waals surface area contributed by atoms with Gasteiger partial charge in [0.15, 0.2) is 6.61 Å². The van der Waals surface area contributed by atoms with Crippen molar-refractivity contribution in [2.24, 2.45) is 5.73 Å². The number of nitrogens with one attached hydrogen (secondary N) is 2. The lowest BCUT2D eigenvalue weighted by Gasteiger charge is -2.23. The predicted octanol–water partition coefficient (Wildman–Crippen LogP) is -0.537. The van der Waals surface area contributed by atoms with Gasteiger partial charge in [0.2, 0.25) is 6.41 Å². The van der Waals surface area contributed by atoms with E-state index in [2.05, 4.69) is 10.6 Å². The van der Waals surface area contributed by atoms with Gasteiger partial charge in [0, 0.05) is 30.6 Å². The van der Waals surface area contributed by atoms with E-state index in [-0.39, 0.29) is 43.1 Å². The van der Waals surface area contributed by atoms with Gasteiger partial charge in [0.05, 0.1) is 32.5 Å². The first kappa shape index (κ1) is 32.8. The van der Waals surface area contributed by atoms with Crippen molar-refractivity contribution in [2.75, 3.05) is 60.2 Å². The summed E-state index contributed by atoms with van der Waals surface area (Å²) in [6, 6.07) is 3.55. The molecule has 0 radical (unpaired) electrons. The summed E-state index contributed by atoms with van der Waals surface area (Å²) in [7, 11) is 3.75. The Morgan fingerprint density at radius 2 is 1.75 bits per heavy atom. The second-order valence-corrected chi connectivity index (χ2v) is 7.35. The summed E-state index contributed by atoms with van der Waals surface area (Å²) in [5, 5.41) is 5.39. The molecule has 12 heteroatoms. The summed E-state index contributed by atoms with van der Waals surface area (Å²) in [5.74, 6) is -0.794. The number of hydrogen-bond acceptors (Lipinski definition) is 10. The molecule has 0 aromatic heterocycles. The van der Waals surface area contributed by atoms with E-state index in [1.165, 1.54) is 6.07 Å². The first-order chi connectivity index (χ1) is 17.4. The molecule has 0 aliphatic rings. The van der Waals surface area contributed by atoms with Crippen molar-refractivity contribution in [1.82, 2.24) is 15.5 Å². The van der Waals surface area contributed by atoms with Crippen LogP contribution < -0.4 is 21.1 Å². The zero-order valence-electron chi connectivity index (χ0n) is 21.2. The van der Waals surface area contributed by atoms with Crippen LogP contribution in [-0.2, 0) is 28.7 Å². The number of rotatable bonds is 18. The maximum absolute atomic E-state index is 12.8. The van der Waals surface area contributed by atoms with E-state index in [1.54, 1.807) is 19.1 Å². The number of nitrogens with zero attached hydrogens (tertiary/aromatic N) is 1. The van der Waals surface area contributed by atoms with Crippen LogP contribution in [0.25, 0.3) is 0 Å². The van der Waals surface area contributed by atoms with Gasteiger partial charge < -0.3 is 40.2 Å². The highest BCUT2D eigenvalue weighted by atomic mass is 16.5. The normalized spacial score (nSPS) is 10.9. The van der Waals surface area contributed by atoms with Crippen LogP contribution in [0.1, 0.15) is 28.8 Å². The third kappa shape index (κ3) is 13.0. The molecule has 202 valence electrons. The van der Waals surface area contributed by atoms with Gasteiger partial charge in [-0.05, 0) is 39.6 Å². The molecular formula is C24H38N4O8. The molecule has 0 bridgehead atoms. The minimum atomic E-state index is -1.05. The van der Waals surface area contributed by atoms with E-state index in [4.69, 9.17) is 19.9 Å². The number of hydrogen-bond donors (Lipinski definition) is 3. The third-order valence-corrected chi connectivity index (χ3v) is 4.52. The van der Waals surface area contributed by atoms with Crippen LogP contribution in [0.4, 0.5) is 0 Å². The number of carbonyl (C=O) groups excluding carboxylic acids is 5. The predicted molar refractivity (Wildman–Crippen MR) is 133 cm³/mol. The van der Waals surface area contributed by atoms with E-state index in [0.717, 1.165) is 4.90 Å². The highest BCUT2D eigenvalue weighted by Crippen LogP contribution is 2.23. The average molecular weight is 511 g/mol. The zero-order chi connectivity index (χ0) is 27.2. The van der Waals surface area contributed by atoms with Gasteiger partial charge in [-0.2, -0.15) is 0 Å². The zero-order valence-corrected chi connectivity index (χ0v) is 21.2. The fourth-order valence-electron chi connectivity index (χ4n) is 2.79. The number of imide groups is 1. The Bertz CT molecular complexity index is 806. The molecule has 1 aromatic carbocycles. The lowest BCUT2D eigenvalue weighted by Crippen LogP contribution is -2.40. The van der Waals surface area contributed by atoms with E-state index in [9.17, 15) is 24.0 Å². The van der Waals surface area contributed by atoms with Crippen LogP contribution in [0.15, 0.2) is 18.2 Å². The molecule has 1 atom stereocenters. The second-order valence-electron chi connectivity index (χ2n) is 7.35. The molecule has 1 rings (SSSR count). The van der Waals surface area contributed by atoms with Crippen LogP contribution in [0, 0.1) is 6.92 Å². The Balaban J connectivity index is 0.00000387. The lowest BCUT2D eigenvalue weighted by atomic mass is 10.0. The average Bonchev–Trinajstić information content (AvgIpc) is 2.87. The van der Waals surface area contributed by atoms with Gasteiger partial charge in [0.25, 0.3) is 11.8 Å². The summed E-state index contributed by atoms with van der Waals surface area (Å²) in [4.78, 5) is 58.9. The second kappa shape index (κ2) is 21.1. The number of carbonyl (C=O) groups is 5. The molecule has 1 unspecified atom stereocenters. The topological polar surface area (TPSA) is 166 Å². The quantitative estimate of drug-likeness (QED) is 0.172. The first-order valence-electron chi connectivity index (χ1n) is 11.5. The van der Waals surface area contributed by atoms with Crippen molar-refractivity contribution in [3.05, 3.63) is 29.3 Å². The molecule has 0 fully saturated rings. The minimum absolute atomic E-state index is 0.0331. The molecule has 0 saturated heterocycles. The van der Waals surface area contributed by atoms with Crippen molar-refractivity contribution in [3.63, 3.8) is 0 Å². The van der Waals surface area contributed by atoms with Gasteiger partial charge in [0.1, 0.15) is 18.3 Å². The Labute approximate surface area is 211 Å². The van der Waals surface area contributed by atoms with Crippen LogP contribution in [0.3, 0.4) is 0 Å². The Morgan fingerprint density at radius 3 is 2.33 bits per heavy atom. The molecule has 0 saturated carbocycles. The number of nitrogens with two attached hydrogens (primary N) is 1. The molecule has 0 aliphatic heterocycles. The Hall–Kier alpha value is -3.19. The van der Waals surface area contributed by atoms with E-state index in [1.807, 2.05) is 14.1 Å². The van der Waals surface area contributed by atoms with E-state index < -0.39 is 11.9 Å². The fourth-order valence-corrected chi connectivity index (χ4v) is 2.79. The molecule has 0 spiro atoms. The molecule has 3 amide bonds. The standard InChI is InChI=1S/C22H31N3O8.C2H7N/c1-17-19(22(30)25(16-28)18(14-27)4-3-9-26)5-2-6-20(17)33-15-21(29)24-8-11-32-13-12-31-10-7-23;1-3-2/h2,5-6,9,14,16,18H,3-4,7-8,10-13,15,23H2,1H3,(H,24,29);3H,1-2H3. The molecular weight excluding hydrogens is 472 g/mol. The third-order valence-electron chi connectivity index (χ3n) is 4.52. The molecule has 12 nitrogen and oxygen atoms in total. The van der Waals surface area contributed by atoms with Crippen LogP contribution >= 0.6 is 0 Å². The number of benzene rings is 1. The summed E-state index contributed by atoms with van der Waals surface area (Å²) >= 11 is 0. The lowest BCUT2D eigenvalue weighted by molar-refractivity contribution is -0.123. The fraction of sp³-hybridized carbons (Fsp3) is 0.542. The highest BCUT2D eigenvalue weighted by Gasteiger charge is 2.26. The van der Waals surface area contributed by atoms with Crippen molar-refractivity contribution >= 4 is 30.8 Å². The van der Waals surface area contributed by atoms with Gasteiger partial charge in [-0.15, -0.1) is 0 Å². The molecule has 36 heavy (non-hydrogen) atoms. The van der Waals surface area contributed by atoms with Crippen LogP contribution in [0.5, 0.6) is 5.75 Å². The SMILES string of the molecule is CNC.Cc1c(OCC(=O)NCCOCCOCCN)cccc1C(=O)N(C=O)C(C=O)CCC=O. The summed E-state index contributed by atoms with van der Waals surface area (Å²) in [6.07, 6.45) is 1.40. The molecule has 0 aliphatic carbocycles. The van der Waals surface area contributed by atoms with Crippen molar-refractivity contribution in [2.45, 2.75) is 25.8 Å². The van der Waals surface area contributed by atoms with Crippen molar-refractivity contribution in [3.8, 4) is 5.75 Å². The number of ether oxygens (including phenoxy) is 3. The number of aldehydes is 2. The van der Waals surface area contributed by atoms with Gasteiger partial charge in [-0.3, -0.25) is 19.3 Å². The smallest absolute Gasteiger partial charge is 0.261 e.